The van der Waals surface area contributed by atoms with E-state index in [-0.39, 0.29) is 0 Å². The Bertz CT molecular complexity index is 1240. The van der Waals surface area contributed by atoms with Crippen molar-refractivity contribution in [1.29, 1.82) is 0 Å². The molecule has 0 atom stereocenters. The highest BCUT2D eigenvalue weighted by Crippen LogP contribution is 2.30. The van der Waals surface area contributed by atoms with Crippen LogP contribution in [0.5, 0.6) is 0 Å². The van der Waals surface area contributed by atoms with E-state index in [1.54, 1.807) is 0 Å². The van der Waals surface area contributed by atoms with E-state index in [1.807, 2.05) is 24.7 Å². The Morgan fingerprint density at radius 2 is 1.19 bits per heavy atom. The average molecular weight is 335 g/mol. The molecule has 0 amide bonds. The molecule has 0 fully saturated rings. The molecule has 3 aromatic heterocycles. The van der Waals surface area contributed by atoms with Gasteiger partial charge in [0.25, 0.3) is 0 Å². The number of hydrogen-bond donors (Lipinski definition) is 0. The van der Waals surface area contributed by atoms with Crippen LogP contribution in [0.3, 0.4) is 0 Å². The molecule has 0 aliphatic heterocycles. The van der Waals surface area contributed by atoms with E-state index >= 15 is 0 Å². The lowest BCUT2D eigenvalue weighted by molar-refractivity contribution is 0.977. The molecular weight excluding hydrogens is 318 g/mol. The first-order valence-electron chi connectivity index (χ1n) is 8.66. The fourth-order valence-corrected chi connectivity index (χ4v) is 3.78. The van der Waals surface area contributed by atoms with Gasteiger partial charge in [-0.15, -0.1) is 0 Å². The summed E-state index contributed by atoms with van der Waals surface area (Å²) in [6, 6.07) is 23.3. The molecular formula is C23H17N3. The van der Waals surface area contributed by atoms with Gasteiger partial charge in [-0.1, -0.05) is 48.5 Å². The van der Waals surface area contributed by atoms with Crippen LogP contribution in [0.25, 0.3) is 43.5 Å². The fraction of sp³-hybridized carbons (Fsp3) is 0.0435. The fourth-order valence-electron chi connectivity index (χ4n) is 3.78. The molecule has 0 aliphatic rings. The lowest BCUT2D eigenvalue weighted by atomic mass is 10.0. The molecule has 0 bridgehead atoms. The van der Waals surface area contributed by atoms with Gasteiger partial charge < -0.3 is 4.57 Å². The van der Waals surface area contributed by atoms with Crippen LogP contribution in [-0.2, 0) is 7.05 Å². The van der Waals surface area contributed by atoms with Crippen LogP contribution in [-0.4, -0.2) is 14.5 Å². The number of aromatic nitrogens is 3. The molecule has 0 aliphatic carbocycles. The molecule has 0 unspecified atom stereocenters. The first-order valence-corrected chi connectivity index (χ1v) is 8.66. The minimum Gasteiger partial charge on any atom is -0.327 e. The molecule has 3 heteroatoms. The van der Waals surface area contributed by atoms with Crippen LogP contribution >= 0.6 is 0 Å². The second kappa shape index (κ2) is 5.81. The molecule has 0 saturated carbocycles. The molecule has 0 radical (unpaired) electrons. The molecule has 0 N–H and O–H groups in total. The molecule has 5 aromatic rings. The second-order valence-corrected chi connectivity index (χ2v) is 6.42. The predicted molar refractivity (Wildman–Crippen MR) is 109 cm³/mol. The normalized spacial score (nSPS) is 11.3. The first kappa shape index (κ1) is 14.8. The van der Waals surface area contributed by atoms with Gasteiger partial charge in [-0.05, 0) is 39.7 Å². The largest absolute Gasteiger partial charge is 0.327 e. The Morgan fingerprint density at radius 1 is 0.615 bits per heavy atom. The lowest BCUT2D eigenvalue weighted by Crippen LogP contribution is -1.95. The Hall–Kier alpha value is -3.46. The summed E-state index contributed by atoms with van der Waals surface area (Å²) >= 11 is 0. The van der Waals surface area contributed by atoms with Gasteiger partial charge in [-0.25, -0.2) is 4.98 Å². The zero-order valence-corrected chi connectivity index (χ0v) is 14.4. The molecule has 2 aromatic carbocycles. The lowest BCUT2D eigenvalue weighted by Gasteiger charge is -2.05. The van der Waals surface area contributed by atoms with Crippen molar-refractivity contribution < 1.29 is 0 Å². The first-order chi connectivity index (χ1) is 12.8. The zero-order valence-electron chi connectivity index (χ0n) is 14.4. The molecule has 0 saturated heterocycles. The number of hydrogen-bond acceptors (Lipinski definition) is 2. The third-order valence-corrected chi connectivity index (χ3v) is 4.99. The van der Waals surface area contributed by atoms with Crippen LogP contribution in [0.2, 0.25) is 0 Å². The van der Waals surface area contributed by atoms with Crippen molar-refractivity contribution in [3.05, 3.63) is 85.3 Å². The van der Waals surface area contributed by atoms with Crippen molar-refractivity contribution in [2.45, 2.75) is 0 Å². The Kier molecular flexibility index (Phi) is 3.32. The summed E-state index contributed by atoms with van der Waals surface area (Å²) in [4.78, 5) is 9.08. The van der Waals surface area contributed by atoms with Crippen molar-refractivity contribution in [3.8, 4) is 0 Å². The van der Waals surface area contributed by atoms with Gasteiger partial charge in [0.2, 0.25) is 0 Å². The van der Waals surface area contributed by atoms with Crippen LogP contribution in [0.15, 0.2) is 85.3 Å². The Labute approximate surface area is 150 Å². The van der Waals surface area contributed by atoms with E-state index in [0.29, 0.717) is 0 Å². The maximum absolute atomic E-state index is 4.70. The molecule has 0 spiro atoms. The van der Waals surface area contributed by atoms with Gasteiger partial charge >= 0.3 is 0 Å². The van der Waals surface area contributed by atoms with E-state index < -0.39 is 0 Å². The van der Waals surface area contributed by atoms with Crippen molar-refractivity contribution in [2.24, 2.45) is 7.05 Å². The summed E-state index contributed by atoms with van der Waals surface area (Å²) in [5.41, 5.74) is 1.98. The summed E-state index contributed by atoms with van der Waals surface area (Å²) in [6.45, 7) is 0. The number of benzene rings is 2. The van der Waals surface area contributed by atoms with E-state index in [9.17, 15) is 0 Å². The zero-order chi connectivity index (χ0) is 17.5. The number of pyridine rings is 2. The van der Waals surface area contributed by atoms with Gasteiger partial charge in [0, 0.05) is 30.2 Å². The standard InChI is InChI=1S/C23H17N3/c1-26-22-15-24-14-12-20(22)18-9-4-2-7-16(18)17-8-3-5-10-19(17)21-11-6-13-25-23(21)26/h2-15H,1H3. The van der Waals surface area contributed by atoms with Crippen molar-refractivity contribution in [1.82, 2.24) is 14.5 Å². The smallest absolute Gasteiger partial charge is 0.140 e. The summed E-state index contributed by atoms with van der Waals surface area (Å²) in [6.07, 6.45) is 5.62. The summed E-state index contributed by atoms with van der Waals surface area (Å²) in [7, 11) is 2.06. The van der Waals surface area contributed by atoms with Gasteiger partial charge in [-0.3, -0.25) is 4.98 Å². The van der Waals surface area contributed by atoms with Crippen molar-refractivity contribution in [3.63, 3.8) is 0 Å². The summed E-state index contributed by atoms with van der Waals surface area (Å²) in [5, 5.41) is 7.12. The molecule has 124 valence electrons. The summed E-state index contributed by atoms with van der Waals surface area (Å²) in [5.74, 6) is 0. The van der Waals surface area contributed by atoms with Crippen LogP contribution in [0, 0.1) is 0 Å². The Balaban J connectivity index is 2.31. The topological polar surface area (TPSA) is 30.7 Å². The van der Waals surface area contributed by atoms with E-state index in [4.69, 9.17) is 4.98 Å². The van der Waals surface area contributed by atoms with Crippen LogP contribution < -0.4 is 0 Å². The van der Waals surface area contributed by atoms with E-state index in [2.05, 4.69) is 77.3 Å². The third kappa shape index (κ3) is 2.14. The van der Waals surface area contributed by atoms with Gasteiger partial charge in [0.05, 0.1) is 11.7 Å². The quantitative estimate of drug-likeness (QED) is 0.371. The van der Waals surface area contributed by atoms with Crippen molar-refractivity contribution in [2.75, 3.05) is 0 Å². The summed E-state index contributed by atoms with van der Waals surface area (Å²) < 4.78 is 2.14. The van der Waals surface area contributed by atoms with Crippen LogP contribution in [0.1, 0.15) is 0 Å². The predicted octanol–water partition coefficient (Wildman–Crippen LogP) is 5.55. The maximum Gasteiger partial charge on any atom is 0.140 e. The van der Waals surface area contributed by atoms with E-state index in [1.165, 1.54) is 21.5 Å². The molecule has 5 rings (SSSR count). The van der Waals surface area contributed by atoms with Crippen LogP contribution in [0.4, 0.5) is 0 Å². The molecule has 3 heterocycles. The number of fused-ring (bicyclic) bond motifs is 7. The highest BCUT2D eigenvalue weighted by Gasteiger charge is 2.07. The molecule has 3 nitrogen and oxygen atoms in total. The maximum atomic E-state index is 4.70. The SMILES string of the molecule is Cn1c2cnccc2c2ccccc2c2ccccc2c2cccnc21. The van der Waals surface area contributed by atoms with E-state index in [0.717, 1.165) is 21.9 Å². The molecule has 26 heavy (non-hydrogen) atoms. The number of nitrogens with zero attached hydrogens (tertiary/aromatic N) is 3. The highest BCUT2D eigenvalue weighted by atomic mass is 15.0. The number of rotatable bonds is 0. The van der Waals surface area contributed by atoms with Crippen molar-refractivity contribution >= 4 is 43.5 Å². The number of aryl methyl sites for hydroxylation is 1. The van der Waals surface area contributed by atoms with Gasteiger partial charge in [-0.2, -0.15) is 0 Å². The average Bonchev–Trinajstić information content (AvgIpc) is 2.76. The highest BCUT2D eigenvalue weighted by molar-refractivity contribution is 6.18. The monoisotopic (exact) mass is 335 g/mol. The third-order valence-electron chi connectivity index (χ3n) is 4.99. The minimum absolute atomic E-state index is 0.932. The minimum atomic E-state index is 0.932. The second-order valence-electron chi connectivity index (χ2n) is 6.42. The van der Waals surface area contributed by atoms with Gasteiger partial charge in [0.1, 0.15) is 5.65 Å². The van der Waals surface area contributed by atoms with Gasteiger partial charge in [0.15, 0.2) is 0 Å². The Morgan fingerprint density at radius 3 is 1.88 bits per heavy atom.